The van der Waals surface area contributed by atoms with Crippen molar-refractivity contribution in [1.82, 2.24) is 0 Å². The fourth-order valence-corrected chi connectivity index (χ4v) is 3.38. The summed E-state index contributed by atoms with van der Waals surface area (Å²) in [7, 11) is 0. The zero-order valence-corrected chi connectivity index (χ0v) is 11.4. The Labute approximate surface area is 114 Å². The molecule has 1 nitrogen and oxygen atoms in total. The average molecular weight is 263 g/mol. The van der Waals surface area contributed by atoms with Gasteiger partial charge >= 0.3 is 0 Å². The van der Waals surface area contributed by atoms with Gasteiger partial charge in [0.25, 0.3) is 0 Å². The number of carbonyl (C=O) groups excluding carboxylic acids is 1. The molecular formula is C16H19ClO. The SMILES string of the molecule is O=C(Cl)CC(c1ccc2c(c1)CCCC2)C1CC1. The summed E-state index contributed by atoms with van der Waals surface area (Å²) in [6.07, 6.45) is 8.06. The van der Waals surface area contributed by atoms with E-state index in [1.54, 1.807) is 0 Å². The van der Waals surface area contributed by atoms with E-state index >= 15 is 0 Å². The number of carbonyl (C=O) groups is 1. The molecule has 1 unspecified atom stereocenters. The normalized spacial score (nSPS) is 20.3. The summed E-state index contributed by atoms with van der Waals surface area (Å²) in [6, 6.07) is 6.85. The van der Waals surface area contributed by atoms with Gasteiger partial charge in [0.1, 0.15) is 0 Å². The monoisotopic (exact) mass is 262 g/mol. The van der Waals surface area contributed by atoms with Gasteiger partial charge < -0.3 is 0 Å². The lowest BCUT2D eigenvalue weighted by Gasteiger charge is -2.20. The molecule has 1 aromatic carbocycles. The van der Waals surface area contributed by atoms with Crippen molar-refractivity contribution in [3.05, 3.63) is 34.9 Å². The second-order valence-corrected chi connectivity index (χ2v) is 6.16. The first-order chi connectivity index (χ1) is 8.74. The van der Waals surface area contributed by atoms with Crippen LogP contribution in [-0.2, 0) is 17.6 Å². The molecule has 2 aliphatic carbocycles. The van der Waals surface area contributed by atoms with Crippen LogP contribution in [0.2, 0.25) is 0 Å². The maximum atomic E-state index is 11.2. The van der Waals surface area contributed by atoms with E-state index in [1.807, 2.05) is 0 Å². The predicted molar refractivity (Wildman–Crippen MR) is 74.0 cm³/mol. The molecule has 1 aromatic rings. The highest BCUT2D eigenvalue weighted by atomic mass is 35.5. The second-order valence-electron chi connectivity index (χ2n) is 5.74. The van der Waals surface area contributed by atoms with Crippen molar-refractivity contribution in [2.75, 3.05) is 0 Å². The fraction of sp³-hybridized carbons (Fsp3) is 0.562. The Morgan fingerprint density at radius 1 is 1.22 bits per heavy atom. The summed E-state index contributed by atoms with van der Waals surface area (Å²) in [6.45, 7) is 0. The van der Waals surface area contributed by atoms with E-state index in [0.717, 1.165) is 0 Å². The lowest BCUT2D eigenvalue weighted by Crippen LogP contribution is -2.08. The van der Waals surface area contributed by atoms with Gasteiger partial charge in [0.2, 0.25) is 5.24 Å². The van der Waals surface area contributed by atoms with Crippen LogP contribution in [0.25, 0.3) is 0 Å². The average Bonchev–Trinajstić information content (AvgIpc) is 3.19. The largest absolute Gasteiger partial charge is 0.281 e. The highest BCUT2D eigenvalue weighted by molar-refractivity contribution is 6.63. The minimum Gasteiger partial charge on any atom is -0.281 e. The standard InChI is InChI=1S/C16H19ClO/c17-16(18)10-15(12-6-7-12)14-8-5-11-3-1-2-4-13(11)9-14/h5,8-9,12,15H,1-4,6-7,10H2. The lowest BCUT2D eigenvalue weighted by atomic mass is 9.85. The van der Waals surface area contributed by atoms with Crippen molar-refractivity contribution in [2.45, 2.75) is 50.9 Å². The zero-order valence-electron chi connectivity index (χ0n) is 10.6. The summed E-state index contributed by atoms with van der Waals surface area (Å²) in [5.41, 5.74) is 4.36. The van der Waals surface area contributed by atoms with E-state index in [1.165, 1.54) is 55.2 Å². The molecule has 2 aliphatic rings. The number of benzene rings is 1. The first-order valence-electron chi connectivity index (χ1n) is 7.04. The molecule has 1 saturated carbocycles. The van der Waals surface area contributed by atoms with Crippen LogP contribution in [0.4, 0.5) is 0 Å². The number of aryl methyl sites for hydroxylation is 2. The van der Waals surface area contributed by atoms with Crippen LogP contribution in [-0.4, -0.2) is 5.24 Å². The van der Waals surface area contributed by atoms with Crippen LogP contribution in [0.5, 0.6) is 0 Å². The van der Waals surface area contributed by atoms with Crippen molar-refractivity contribution < 1.29 is 4.79 Å². The molecule has 0 saturated heterocycles. The third-order valence-electron chi connectivity index (χ3n) is 4.37. The fourth-order valence-electron chi connectivity index (χ4n) is 3.21. The van der Waals surface area contributed by atoms with Gasteiger partial charge in [-0.1, -0.05) is 18.2 Å². The molecule has 0 amide bonds. The van der Waals surface area contributed by atoms with Crippen LogP contribution in [0.1, 0.15) is 54.7 Å². The molecule has 1 fully saturated rings. The van der Waals surface area contributed by atoms with Crippen LogP contribution in [0.3, 0.4) is 0 Å². The highest BCUT2D eigenvalue weighted by Gasteiger charge is 2.33. The van der Waals surface area contributed by atoms with Crippen molar-refractivity contribution in [3.8, 4) is 0 Å². The molecule has 0 aliphatic heterocycles. The summed E-state index contributed by atoms with van der Waals surface area (Å²) in [5, 5.41) is -0.190. The highest BCUT2D eigenvalue weighted by Crippen LogP contribution is 2.45. The second kappa shape index (κ2) is 5.05. The van der Waals surface area contributed by atoms with Gasteiger partial charge in [0, 0.05) is 6.42 Å². The number of hydrogen-bond donors (Lipinski definition) is 0. The van der Waals surface area contributed by atoms with Gasteiger partial charge in [0.05, 0.1) is 0 Å². The van der Waals surface area contributed by atoms with E-state index < -0.39 is 0 Å². The Morgan fingerprint density at radius 3 is 2.61 bits per heavy atom. The van der Waals surface area contributed by atoms with Gasteiger partial charge in [-0.25, -0.2) is 0 Å². The lowest BCUT2D eigenvalue weighted by molar-refractivity contribution is -0.112. The van der Waals surface area contributed by atoms with Crippen molar-refractivity contribution in [3.63, 3.8) is 0 Å². The van der Waals surface area contributed by atoms with Gasteiger partial charge in [-0.05, 0) is 78.7 Å². The van der Waals surface area contributed by atoms with Crippen LogP contribution in [0.15, 0.2) is 18.2 Å². The first kappa shape index (κ1) is 12.2. The molecule has 96 valence electrons. The predicted octanol–water partition coefficient (Wildman–Crippen LogP) is 4.21. The molecule has 3 rings (SSSR count). The summed E-state index contributed by atoms with van der Waals surface area (Å²) in [5.74, 6) is 1.05. The van der Waals surface area contributed by atoms with Gasteiger partial charge in [-0.3, -0.25) is 4.79 Å². The molecule has 0 radical (unpaired) electrons. The van der Waals surface area contributed by atoms with E-state index in [2.05, 4.69) is 18.2 Å². The van der Waals surface area contributed by atoms with E-state index in [9.17, 15) is 4.79 Å². The van der Waals surface area contributed by atoms with E-state index in [4.69, 9.17) is 11.6 Å². The van der Waals surface area contributed by atoms with E-state index in [0.29, 0.717) is 18.3 Å². The molecule has 2 heteroatoms. The molecule has 0 aromatic heterocycles. The van der Waals surface area contributed by atoms with Crippen molar-refractivity contribution >= 4 is 16.8 Å². The number of hydrogen-bond acceptors (Lipinski definition) is 1. The van der Waals surface area contributed by atoms with Gasteiger partial charge in [-0.15, -0.1) is 0 Å². The molecule has 0 bridgehead atoms. The van der Waals surface area contributed by atoms with Crippen LogP contribution >= 0.6 is 11.6 Å². The van der Waals surface area contributed by atoms with Crippen LogP contribution < -0.4 is 0 Å². The molecular weight excluding hydrogens is 244 g/mol. The summed E-state index contributed by atoms with van der Waals surface area (Å²) < 4.78 is 0. The molecule has 1 atom stereocenters. The third-order valence-corrected chi connectivity index (χ3v) is 4.53. The zero-order chi connectivity index (χ0) is 12.5. The molecule has 0 heterocycles. The minimum absolute atomic E-state index is 0.190. The maximum Gasteiger partial charge on any atom is 0.222 e. The smallest absolute Gasteiger partial charge is 0.222 e. The maximum absolute atomic E-state index is 11.2. The Bertz CT molecular complexity index is 462. The van der Waals surface area contributed by atoms with E-state index in [-0.39, 0.29) is 5.24 Å². The molecule has 0 N–H and O–H groups in total. The summed E-state index contributed by atoms with van der Waals surface area (Å²) in [4.78, 5) is 11.2. The van der Waals surface area contributed by atoms with Crippen molar-refractivity contribution in [1.29, 1.82) is 0 Å². The number of halogens is 1. The topological polar surface area (TPSA) is 17.1 Å². The first-order valence-corrected chi connectivity index (χ1v) is 7.42. The molecule has 0 spiro atoms. The quantitative estimate of drug-likeness (QED) is 0.743. The summed E-state index contributed by atoms with van der Waals surface area (Å²) >= 11 is 5.60. The van der Waals surface area contributed by atoms with Crippen molar-refractivity contribution in [2.24, 2.45) is 5.92 Å². The number of fused-ring (bicyclic) bond motifs is 1. The number of rotatable bonds is 4. The minimum atomic E-state index is -0.190. The Morgan fingerprint density at radius 2 is 1.94 bits per heavy atom. The Balaban J connectivity index is 1.87. The van der Waals surface area contributed by atoms with Gasteiger partial charge in [-0.2, -0.15) is 0 Å². The Hall–Kier alpha value is -0.820. The molecule has 18 heavy (non-hydrogen) atoms. The third kappa shape index (κ3) is 2.61. The Kier molecular flexibility index (Phi) is 3.43. The van der Waals surface area contributed by atoms with Gasteiger partial charge in [0.15, 0.2) is 0 Å². The van der Waals surface area contributed by atoms with Crippen LogP contribution in [0, 0.1) is 5.92 Å².